The van der Waals surface area contributed by atoms with Crippen molar-refractivity contribution in [2.45, 2.75) is 20.8 Å². The molecule has 0 aromatic rings. The zero-order chi connectivity index (χ0) is 7.28. The van der Waals surface area contributed by atoms with E-state index in [1.165, 1.54) is 0 Å². The molecule has 0 aliphatic rings. The van der Waals surface area contributed by atoms with Gasteiger partial charge in [0.1, 0.15) is 0 Å². The summed E-state index contributed by atoms with van der Waals surface area (Å²) in [6, 6.07) is 2.10. The van der Waals surface area contributed by atoms with Crippen molar-refractivity contribution in [3.63, 3.8) is 0 Å². The fraction of sp³-hybridized carbons (Fsp3) is 0.375. The van der Waals surface area contributed by atoms with Gasteiger partial charge in [0.25, 0.3) is 0 Å². The summed E-state index contributed by atoms with van der Waals surface area (Å²) >= 11 is 0. The minimum Gasteiger partial charge on any atom is -0.192 e. The van der Waals surface area contributed by atoms with Gasteiger partial charge in [-0.25, -0.2) is 0 Å². The van der Waals surface area contributed by atoms with Crippen molar-refractivity contribution in [3.8, 4) is 6.07 Å². The van der Waals surface area contributed by atoms with Gasteiger partial charge in [0.05, 0.1) is 11.6 Å². The highest BCUT2D eigenvalue weighted by Crippen LogP contribution is 2.02. The molecule has 9 heavy (non-hydrogen) atoms. The molecule has 0 amide bonds. The average molecular weight is 121 g/mol. The van der Waals surface area contributed by atoms with Gasteiger partial charge in [-0.05, 0) is 26.8 Å². The number of nitriles is 1. The van der Waals surface area contributed by atoms with Gasteiger partial charge in [0.2, 0.25) is 0 Å². The highest BCUT2D eigenvalue weighted by Gasteiger charge is 1.88. The Morgan fingerprint density at radius 3 is 2.11 bits per heavy atom. The zero-order valence-electron chi connectivity index (χ0n) is 6.10. The second-order valence-electron chi connectivity index (χ2n) is 2.03. The lowest BCUT2D eigenvalue weighted by Gasteiger charge is -1.88. The van der Waals surface area contributed by atoms with Gasteiger partial charge in [0.15, 0.2) is 0 Å². The fourth-order valence-corrected chi connectivity index (χ4v) is 0.482. The van der Waals surface area contributed by atoms with Crippen LogP contribution in [0, 0.1) is 11.3 Å². The molecule has 0 aliphatic carbocycles. The van der Waals surface area contributed by atoms with Crippen molar-refractivity contribution in [3.05, 3.63) is 23.3 Å². The summed E-state index contributed by atoms with van der Waals surface area (Å²) < 4.78 is 0. The normalized spacial score (nSPS) is 9.11. The van der Waals surface area contributed by atoms with Crippen LogP contribution in [-0.2, 0) is 0 Å². The quantitative estimate of drug-likeness (QED) is 0.386. The van der Waals surface area contributed by atoms with Crippen molar-refractivity contribution < 1.29 is 0 Å². The van der Waals surface area contributed by atoms with Crippen LogP contribution < -0.4 is 0 Å². The Hall–Kier alpha value is -1.03. The van der Waals surface area contributed by atoms with Crippen LogP contribution in [-0.4, -0.2) is 0 Å². The van der Waals surface area contributed by atoms with Crippen molar-refractivity contribution in [2.75, 3.05) is 0 Å². The van der Waals surface area contributed by atoms with Gasteiger partial charge in [0, 0.05) is 0 Å². The molecule has 0 heterocycles. The topological polar surface area (TPSA) is 23.8 Å². The van der Waals surface area contributed by atoms with Gasteiger partial charge in [-0.15, -0.1) is 0 Å². The standard InChI is InChI=1S/C8H11N/c1-4-5-8(6-9)7(2)3/h4-5H,1-3H3/b5-4-. The molecular formula is C8H11N. The SMILES string of the molecule is C/C=C\C(C#N)=C(C)C. The summed E-state index contributed by atoms with van der Waals surface area (Å²) in [7, 11) is 0. The molecule has 0 radical (unpaired) electrons. The second kappa shape index (κ2) is 3.91. The van der Waals surface area contributed by atoms with Crippen LogP contribution in [0.4, 0.5) is 0 Å². The molecule has 0 atom stereocenters. The molecule has 1 heteroatoms. The van der Waals surface area contributed by atoms with Crippen LogP contribution in [0.15, 0.2) is 23.3 Å². The highest BCUT2D eigenvalue weighted by atomic mass is 14.2. The van der Waals surface area contributed by atoms with Crippen LogP contribution >= 0.6 is 0 Å². The van der Waals surface area contributed by atoms with E-state index in [0.717, 1.165) is 11.1 Å². The monoisotopic (exact) mass is 121 g/mol. The van der Waals surface area contributed by atoms with Crippen LogP contribution in [0.3, 0.4) is 0 Å². The molecule has 0 unspecified atom stereocenters. The van der Waals surface area contributed by atoms with Gasteiger partial charge in [-0.1, -0.05) is 11.6 Å². The van der Waals surface area contributed by atoms with E-state index < -0.39 is 0 Å². The summed E-state index contributed by atoms with van der Waals surface area (Å²) in [5.41, 5.74) is 1.83. The van der Waals surface area contributed by atoms with E-state index in [-0.39, 0.29) is 0 Å². The first-order valence-corrected chi connectivity index (χ1v) is 2.92. The smallest absolute Gasteiger partial charge is 0.0990 e. The molecule has 0 spiro atoms. The van der Waals surface area contributed by atoms with E-state index in [4.69, 9.17) is 5.26 Å². The van der Waals surface area contributed by atoms with Gasteiger partial charge >= 0.3 is 0 Å². The average Bonchev–Trinajstić information content (AvgIpc) is 1.82. The predicted molar refractivity (Wildman–Crippen MR) is 38.8 cm³/mol. The predicted octanol–water partition coefficient (Wildman–Crippen LogP) is 2.42. The summed E-state index contributed by atoms with van der Waals surface area (Å²) in [4.78, 5) is 0. The number of hydrogen-bond donors (Lipinski definition) is 0. The molecule has 0 rings (SSSR count). The number of allylic oxidation sites excluding steroid dienone is 4. The van der Waals surface area contributed by atoms with Gasteiger partial charge in [-0.2, -0.15) is 5.26 Å². The summed E-state index contributed by atoms with van der Waals surface area (Å²) in [6.07, 6.45) is 3.68. The summed E-state index contributed by atoms with van der Waals surface area (Å²) in [6.45, 7) is 5.76. The number of hydrogen-bond acceptors (Lipinski definition) is 1. The van der Waals surface area contributed by atoms with Gasteiger partial charge in [-0.3, -0.25) is 0 Å². The Morgan fingerprint density at radius 2 is 2.00 bits per heavy atom. The number of nitrogens with zero attached hydrogens (tertiary/aromatic N) is 1. The van der Waals surface area contributed by atoms with E-state index in [2.05, 4.69) is 6.07 Å². The molecule has 0 aromatic heterocycles. The van der Waals surface area contributed by atoms with Crippen molar-refractivity contribution in [1.29, 1.82) is 5.26 Å². The van der Waals surface area contributed by atoms with Crippen molar-refractivity contribution in [1.82, 2.24) is 0 Å². The molecule has 0 N–H and O–H groups in total. The molecule has 0 saturated heterocycles. The molecule has 1 nitrogen and oxygen atoms in total. The van der Waals surface area contributed by atoms with E-state index in [1.807, 2.05) is 32.9 Å². The largest absolute Gasteiger partial charge is 0.192 e. The van der Waals surface area contributed by atoms with Crippen LogP contribution in [0.2, 0.25) is 0 Å². The lowest BCUT2D eigenvalue weighted by atomic mass is 10.1. The Kier molecular flexibility index (Phi) is 3.46. The third-order valence-corrected chi connectivity index (χ3v) is 0.992. The van der Waals surface area contributed by atoms with E-state index in [0.29, 0.717) is 0 Å². The van der Waals surface area contributed by atoms with Crippen LogP contribution in [0.5, 0.6) is 0 Å². The zero-order valence-corrected chi connectivity index (χ0v) is 6.10. The number of rotatable bonds is 1. The minimum atomic E-state index is 0.762. The highest BCUT2D eigenvalue weighted by molar-refractivity contribution is 5.35. The van der Waals surface area contributed by atoms with E-state index in [9.17, 15) is 0 Å². The lowest BCUT2D eigenvalue weighted by Crippen LogP contribution is -1.74. The Balaban J connectivity index is 4.41. The molecular weight excluding hydrogens is 110 g/mol. The first-order chi connectivity index (χ1) is 4.22. The summed E-state index contributed by atoms with van der Waals surface area (Å²) in [5, 5.41) is 8.47. The molecule has 0 saturated carbocycles. The maximum absolute atomic E-state index is 8.47. The summed E-state index contributed by atoms with van der Waals surface area (Å²) in [5.74, 6) is 0. The first kappa shape index (κ1) is 7.97. The Bertz CT molecular complexity index is 175. The van der Waals surface area contributed by atoms with Crippen molar-refractivity contribution in [2.24, 2.45) is 0 Å². The van der Waals surface area contributed by atoms with Crippen LogP contribution in [0.25, 0.3) is 0 Å². The van der Waals surface area contributed by atoms with Crippen LogP contribution in [0.1, 0.15) is 20.8 Å². The Morgan fingerprint density at radius 1 is 1.44 bits per heavy atom. The van der Waals surface area contributed by atoms with Crippen molar-refractivity contribution >= 4 is 0 Å². The molecule has 0 bridgehead atoms. The maximum Gasteiger partial charge on any atom is 0.0990 e. The first-order valence-electron chi connectivity index (χ1n) is 2.92. The molecule has 0 aromatic carbocycles. The van der Waals surface area contributed by atoms with E-state index >= 15 is 0 Å². The second-order valence-corrected chi connectivity index (χ2v) is 2.03. The fourth-order valence-electron chi connectivity index (χ4n) is 0.482. The Labute approximate surface area is 56.3 Å². The van der Waals surface area contributed by atoms with E-state index in [1.54, 1.807) is 0 Å². The lowest BCUT2D eigenvalue weighted by molar-refractivity contribution is 1.33. The molecule has 0 aliphatic heterocycles. The third kappa shape index (κ3) is 2.71. The molecule has 48 valence electrons. The maximum atomic E-state index is 8.47. The third-order valence-electron chi connectivity index (χ3n) is 0.992. The van der Waals surface area contributed by atoms with Gasteiger partial charge < -0.3 is 0 Å². The molecule has 0 fully saturated rings. The minimum absolute atomic E-state index is 0.762.